The predicted octanol–water partition coefficient (Wildman–Crippen LogP) is 2.47. The molecule has 1 aliphatic carbocycles. The largest absolute Gasteiger partial charge is 0.399 e. The fourth-order valence-corrected chi connectivity index (χ4v) is 2.79. The summed E-state index contributed by atoms with van der Waals surface area (Å²) in [5.41, 5.74) is 7.13. The zero-order valence-corrected chi connectivity index (χ0v) is 10.9. The molecule has 1 aromatic carbocycles. The second-order valence-electron chi connectivity index (χ2n) is 5.29. The summed E-state index contributed by atoms with van der Waals surface area (Å²) < 4.78 is 15.5. The summed E-state index contributed by atoms with van der Waals surface area (Å²) in [5.74, 6) is 1.18. The van der Waals surface area contributed by atoms with E-state index in [0.29, 0.717) is 11.6 Å². The van der Waals surface area contributed by atoms with Crippen LogP contribution in [0, 0.1) is 11.7 Å². The maximum Gasteiger partial charge on any atom is 0.140 e. The Hall–Kier alpha value is -1.91. The highest BCUT2D eigenvalue weighted by Gasteiger charge is 2.33. The molecule has 4 nitrogen and oxygen atoms in total. The third-order valence-electron chi connectivity index (χ3n) is 3.95. The highest BCUT2D eigenvalue weighted by molar-refractivity contribution is 5.44. The van der Waals surface area contributed by atoms with Crippen LogP contribution in [0.3, 0.4) is 0 Å². The second-order valence-corrected chi connectivity index (χ2v) is 5.29. The minimum atomic E-state index is -0.290. The Morgan fingerprint density at radius 2 is 2.16 bits per heavy atom. The van der Waals surface area contributed by atoms with Crippen molar-refractivity contribution in [3.63, 3.8) is 0 Å². The first-order valence-corrected chi connectivity index (χ1v) is 6.55. The first kappa shape index (κ1) is 12.1. The average Bonchev–Trinajstić information content (AvgIpc) is 2.68. The van der Waals surface area contributed by atoms with Gasteiger partial charge in [0.1, 0.15) is 18.0 Å². The molecule has 0 saturated heterocycles. The van der Waals surface area contributed by atoms with Crippen LogP contribution in [0.1, 0.15) is 36.6 Å². The van der Waals surface area contributed by atoms with Crippen molar-refractivity contribution in [1.82, 2.24) is 14.8 Å². The number of benzene rings is 1. The number of nitrogens with zero attached hydrogens (tertiary/aromatic N) is 3. The molecule has 3 rings (SSSR count). The molecule has 1 aromatic heterocycles. The number of nitrogens with two attached hydrogens (primary N) is 1. The predicted molar refractivity (Wildman–Crippen MR) is 71.0 cm³/mol. The molecule has 1 unspecified atom stereocenters. The molecule has 0 spiro atoms. The lowest BCUT2D eigenvalue weighted by Crippen LogP contribution is -2.24. The van der Waals surface area contributed by atoms with Gasteiger partial charge in [0.2, 0.25) is 0 Å². The van der Waals surface area contributed by atoms with Gasteiger partial charge in [0, 0.05) is 18.7 Å². The Morgan fingerprint density at radius 3 is 2.68 bits per heavy atom. The molecule has 0 radical (unpaired) electrons. The van der Waals surface area contributed by atoms with Gasteiger partial charge in [-0.3, -0.25) is 0 Å². The number of hydrogen-bond acceptors (Lipinski definition) is 3. The van der Waals surface area contributed by atoms with Crippen LogP contribution in [0.4, 0.5) is 10.1 Å². The summed E-state index contributed by atoms with van der Waals surface area (Å²) in [6.07, 6.45) is 5.20. The van der Waals surface area contributed by atoms with Gasteiger partial charge in [0.15, 0.2) is 0 Å². The summed E-state index contributed by atoms with van der Waals surface area (Å²) in [7, 11) is 1.92. The van der Waals surface area contributed by atoms with Crippen molar-refractivity contribution in [1.29, 1.82) is 0 Å². The van der Waals surface area contributed by atoms with Crippen molar-refractivity contribution in [3.8, 4) is 0 Å². The summed E-state index contributed by atoms with van der Waals surface area (Å²) in [6.45, 7) is 0. The van der Waals surface area contributed by atoms with Crippen LogP contribution in [-0.2, 0) is 7.05 Å². The molecule has 100 valence electrons. The number of aryl methyl sites for hydroxylation is 1. The number of hydrogen-bond donors (Lipinski definition) is 1. The average molecular weight is 260 g/mol. The first-order chi connectivity index (χ1) is 9.15. The molecule has 0 amide bonds. The maximum atomic E-state index is 13.6. The van der Waals surface area contributed by atoms with E-state index in [-0.39, 0.29) is 11.7 Å². The lowest BCUT2D eigenvalue weighted by atomic mass is 9.72. The third kappa shape index (κ3) is 2.20. The van der Waals surface area contributed by atoms with Crippen molar-refractivity contribution < 1.29 is 4.39 Å². The van der Waals surface area contributed by atoms with Crippen LogP contribution >= 0.6 is 0 Å². The van der Waals surface area contributed by atoms with Gasteiger partial charge in [0.05, 0.1) is 0 Å². The SMILES string of the molecule is Cn1cnnc1C(c1cc(N)cc(F)c1)C1CCC1. The molecular weight excluding hydrogens is 243 g/mol. The zero-order chi connectivity index (χ0) is 13.4. The molecule has 2 N–H and O–H groups in total. The van der Waals surface area contributed by atoms with Gasteiger partial charge in [0.25, 0.3) is 0 Å². The standard InChI is InChI=1S/C14H17FN4/c1-19-8-17-18-14(19)13(9-3-2-4-9)10-5-11(15)7-12(16)6-10/h5-9,13H,2-4,16H2,1H3. The topological polar surface area (TPSA) is 56.7 Å². The van der Waals surface area contributed by atoms with Crippen molar-refractivity contribution >= 4 is 5.69 Å². The van der Waals surface area contributed by atoms with Gasteiger partial charge in [-0.25, -0.2) is 4.39 Å². The Labute approximate surface area is 111 Å². The van der Waals surface area contributed by atoms with Crippen LogP contribution in [-0.4, -0.2) is 14.8 Å². The Balaban J connectivity index is 2.06. The van der Waals surface area contributed by atoms with E-state index in [9.17, 15) is 4.39 Å². The molecule has 1 fully saturated rings. The maximum absolute atomic E-state index is 13.6. The first-order valence-electron chi connectivity index (χ1n) is 6.55. The van der Waals surface area contributed by atoms with Crippen molar-refractivity contribution in [2.45, 2.75) is 25.2 Å². The molecule has 2 aromatic rings. The second kappa shape index (κ2) is 4.64. The van der Waals surface area contributed by atoms with Crippen molar-refractivity contribution in [2.24, 2.45) is 13.0 Å². The lowest BCUT2D eigenvalue weighted by molar-refractivity contribution is 0.274. The Morgan fingerprint density at radius 1 is 1.37 bits per heavy atom. The zero-order valence-electron chi connectivity index (χ0n) is 10.9. The number of nitrogen functional groups attached to an aromatic ring is 1. The summed E-state index contributed by atoms with van der Waals surface area (Å²) >= 11 is 0. The molecule has 1 saturated carbocycles. The molecule has 1 atom stereocenters. The molecule has 1 heterocycles. The van der Waals surface area contributed by atoms with Gasteiger partial charge in [-0.2, -0.15) is 0 Å². The van der Waals surface area contributed by atoms with Crippen LogP contribution < -0.4 is 5.73 Å². The monoisotopic (exact) mass is 260 g/mol. The Kier molecular flexibility index (Phi) is 2.97. The molecule has 1 aliphatic rings. The molecule has 0 aliphatic heterocycles. The number of anilines is 1. The summed E-state index contributed by atoms with van der Waals surface area (Å²) in [5, 5.41) is 8.15. The summed E-state index contributed by atoms with van der Waals surface area (Å²) in [4.78, 5) is 0. The minimum Gasteiger partial charge on any atom is -0.399 e. The van der Waals surface area contributed by atoms with E-state index in [0.717, 1.165) is 24.2 Å². The molecule has 19 heavy (non-hydrogen) atoms. The Bertz CT molecular complexity index is 569. The van der Waals surface area contributed by atoms with E-state index < -0.39 is 0 Å². The lowest BCUT2D eigenvalue weighted by Gasteiger charge is -2.33. The smallest absolute Gasteiger partial charge is 0.140 e. The number of halogens is 1. The van der Waals surface area contributed by atoms with Gasteiger partial charge in [-0.15, -0.1) is 10.2 Å². The normalized spacial score (nSPS) is 17.2. The van der Waals surface area contributed by atoms with Gasteiger partial charge < -0.3 is 10.3 Å². The van der Waals surface area contributed by atoms with Gasteiger partial charge in [-0.05, 0) is 42.5 Å². The van der Waals surface area contributed by atoms with Gasteiger partial charge in [-0.1, -0.05) is 6.42 Å². The fraction of sp³-hybridized carbons (Fsp3) is 0.429. The fourth-order valence-electron chi connectivity index (χ4n) is 2.79. The van der Waals surface area contributed by atoms with E-state index in [1.807, 2.05) is 17.7 Å². The van der Waals surface area contributed by atoms with Crippen LogP contribution in [0.5, 0.6) is 0 Å². The molecular formula is C14H17FN4. The number of aromatic nitrogens is 3. The van der Waals surface area contributed by atoms with Crippen LogP contribution in [0.25, 0.3) is 0 Å². The van der Waals surface area contributed by atoms with Crippen LogP contribution in [0.2, 0.25) is 0 Å². The van der Waals surface area contributed by atoms with E-state index in [2.05, 4.69) is 10.2 Å². The molecule has 0 bridgehead atoms. The number of rotatable bonds is 3. The highest BCUT2D eigenvalue weighted by atomic mass is 19.1. The van der Waals surface area contributed by atoms with E-state index in [1.54, 1.807) is 12.4 Å². The quantitative estimate of drug-likeness (QED) is 0.862. The minimum absolute atomic E-state index is 0.0826. The van der Waals surface area contributed by atoms with Crippen LogP contribution in [0.15, 0.2) is 24.5 Å². The summed E-state index contributed by atoms with van der Waals surface area (Å²) in [6, 6.07) is 4.76. The van der Waals surface area contributed by atoms with E-state index in [4.69, 9.17) is 5.73 Å². The third-order valence-corrected chi connectivity index (χ3v) is 3.95. The van der Waals surface area contributed by atoms with E-state index >= 15 is 0 Å². The highest BCUT2D eigenvalue weighted by Crippen LogP contribution is 2.42. The molecule has 5 heteroatoms. The van der Waals surface area contributed by atoms with Gasteiger partial charge >= 0.3 is 0 Å². The van der Waals surface area contributed by atoms with E-state index in [1.165, 1.54) is 12.5 Å². The van der Waals surface area contributed by atoms with Crippen molar-refractivity contribution in [2.75, 3.05) is 5.73 Å². The van der Waals surface area contributed by atoms with Crippen molar-refractivity contribution in [3.05, 3.63) is 41.7 Å².